The van der Waals surface area contributed by atoms with Crippen LogP contribution in [-0.4, -0.2) is 24.5 Å². The Morgan fingerprint density at radius 1 is 1.13 bits per heavy atom. The molecule has 0 aromatic heterocycles. The molecule has 0 amide bonds. The van der Waals surface area contributed by atoms with Gasteiger partial charge in [-0.25, -0.2) is 0 Å². The summed E-state index contributed by atoms with van der Waals surface area (Å²) in [6, 6.07) is 6.72. The third kappa shape index (κ3) is 4.02. The fraction of sp³-hybridized carbons (Fsp3) is 0.538. The van der Waals surface area contributed by atoms with Gasteiger partial charge in [0.15, 0.2) is 0 Å². The van der Waals surface area contributed by atoms with Gasteiger partial charge in [0.1, 0.15) is 0 Å². The Kier molecular flexibility index (Phi) is 4.79. The molecule has 0 atom stereocenters. The molecule has 1 aromatic rings. The molecule has 2 nitrogen and oxygen atoms in total. The Labute approximate surface area is 93.1 Å². The summed E-state index contributed by atoms with van der Waals surface area (Å²) in [5.74, 6) is 0. The van der Waals surface area contributed by atoms with Gasteiger partial charge in [-0.15, -0.1) is 0 Å². The van der Waals surface area contributed by atoms with Crippen molar-refractivity contribution in [1.29, 1.82) is 0 Å². The summed E-state index contributed by atoms with van der Waals surface area (Å²) >= 11 is 0. The molecule has 0 saturated carbocycles. The van der Waals surface area contributed by atoms with Crippen molar-refractivity contribution < 1.29 is 0 Å². The molecule has 0 aliphatic carbocycles. The number of benzene rings is 1. The van der Waals surface area contributed by atoms with E-state index < -0.39 is 0 Å². The monoisotopic (exact) mass is 206 g/mol. The quantitative estimate of drug-likeness (QED) is 0.799. The van der Waals surface area contributed by atoms with Crippen LogP contribution in [0.25, 0.3) is 0 Å². The highest BCUT2D eigenvalue weighted by molar-refractivity contribution is 5.28. The molecular weight excluding hydrogens is 184 g/mol. The van der Waals surface area contributed by atoms with E-state index in [1.807, 2.05) is 0 Å². The molecule has 1 rings (SSSR count). The van der Waals surface area contributed by atoms with Crippen LogP contribution in [0.3, 0.4) is 0 Å². The molecule has 0 spiro atoms. The molecule has 0 aliphatic heterocycles. The van der Waals surface area contributed by atoms with Crippen molar-refractivity contribution in [2.75, 3.05) is 19.6 Å². The molecular formula is C13H22N2. The molecule has 15 heavy (non-hydrogen) atoms. The van der Waals surface area contributed by atoms with Gasteiger partial charge in [-0.2, -0.15) is 0 Å². The highest BCUT2D eigenvalue weighted by atomic mass is 15.1. The average Bonchev–Trinajstić information content (AvgIpc) is 2.15. The van der Waals surface area contributed by atoms with Crippen molar-refractivity contribution in [3.05, 3.63) is 34.9 Å². The smallest absolute Gasteiger partial charge is 0.0234 e. The zero-order valence-corrected chi connectivity index (χ0v) is 10.1. The van der Waals surface area contributed by atoms with E-state index in [1.165, 1.54) is 16.7 Å². The summed E-state index contributed by atoms with van der Waals surface area (Å²) in [5, 5.41) is 0. The van der Waals surface area contributed by atoms with E-state index >= 15 is 0 Å². The number of likely N-dealkylation sites (N-methyl/N-ethyl adjacent to an activating group) is 1. The summed E-state index contributed by atoms with van der Waals surface area (Å²) in [4.78, 5) is 2.37. The van der Waals surface area contributed by atoms with Gasteiger partial charge >= 0.3 is 0 Å². The normalized spacial score (nSPS) is 11.0. The van der Waals surface area contributed by atoms with Gasteiger partial charge in [-0.3, -0.25) is 4.90 Å². The summed E-state index contributed by atoms with van der Waals surface area (Å²) in [5.41, 5.74) is 9.65. The Hall–Kier alpha value is -0.860. The lowest BCUT2D eigenvalue weighted by molar-refractivity contribution is 0.288. The van der Waals surface area contributed by atoms with Crippen LogP contribution in [0.4, 0.5) is 0 Å². The second-order valence-electron chi connectivity index (χ2n) is 4.15. The van der Waals surface area contributed by atoms with Gasteiger partial charge in [-0.1, -0.05) is 36.2 Å². The van der Waals surface area contributed by atoms with Crippen LogP contribution in [0, 0.1) is 13.8 Å². The van der Waals surface area contributed by atoms with E-state index in [0.717, 1.165) is 26.2 Å². The lowest BCUT2D eigenvalue weighted by Gasteiger charge is -2.19. The standard InChI is InChI=1S/C13H22N2/c1-4-15(6-5-14)10-13-8-11(2)7-12(3)9-13/h7-9H,4-6,10,14H2,1-3H3. The first-order valence-electron chi connectivity index (χ1n) is 5.65. The van der Waals surface area contributed by atoms with Gasteiger partial charge in [0, 0.05) is 19.6 Å². The maximum absolute atomic E-state index is 5.58. The fourth-order valence-electron chi connectivity index (χ4n) is 1.95. The molecule has 84 valence electrons. The van der Waals surface area contributed by atoms with E-state index in [9.17, 15) is 0 Å². The van der Waals surface area contributed by atoms with Crippen LogP contribution in [-0.2, 0) is 6.54 Å². The highest BCUT2D eigenvalue weighted by Crippen LogP contribution is 2.11. The SMILES string of the molecule is CCN(CCN)Cc1cc(C)cc(C)c1. The van der Waals surface area contributed by atoms with Gasteiger partial charge < -0.3 is 5.73 Å². The third-order valence-corrected chi connectivity index (χ3v) is 2.58. The Morgan fingerprint density at radius 3 is 2.20 bits per heavy atom. The van der Waals surface area contributed by atoms with Crippen LogP contribution in [0.1, 0.15) is 23.6 Å². The minimum atomic E-state index is 0.735. The number of rotatable bonds is 5. The van der Waals surface area contributed by atoms with Gasteiger partial charge in [0.25, 0.3) is 0 Å². The number of aryl methyl sites for hydroxylation is 2. The van der Waals surface area contributed by atoms with E-state index in [0.29, 0.717) is 0 Å². The second kappa shape index (κ2) is 5.89. The van der Waals surface area contributed by atoms with E-state index in [-0.39, 0.29) is 0 Å². The second-order valence-corrected chi connectivity index (χ2v) is 4.15. The molecule has 0 aliphatic rings. The molecule has 0 unspecified atom stereocenters. The summed E-state index contributed by atoms with van der Waals surface area (Å²) in [6.45, 7) is 10.3. The van der Waals surface area contributed by atoms with E-state index in [4.69, 9.17) is 5.73 Å². The van der Waals surface area contributed by atoms with Crippen molar-refractivity contribution in [3.8, 4) is 0 Å². The first-order valence-corrected chi connectivity index (χ1v) is 5.65. The third-order valence-electron chi connectivity index (χ3n) is 2.58. The largest absolute Gasteiger partial charge is 0.329 e. The van der Waals surface area contributed by atoms with Crippen LogP contribution in [0.5, 0.6) is 0 Å². The van der Waals surface area contributed by atoms with E-state index in [1.54, 1.807) is 0 Å². The minimum Gasteiger partial charge on any atom is -0.329 e. The van der Waals surface area contributed by atoms with Crippen LogP contribution >= 0.6 is 0 Å². The topological polar surface area (TPSA) is 29.3 Å². The van der Waals surface area contributed by atoms with Gasteiger partial charge in [-0.05, 0) is 26.0 Å². The first-order chi connectivity index (χ1) is 7.15. The summed E-state index contributed by atoms with van der Waals surface area (Å²) < 4.78 is 0. The zero-order valence-electron chi connectivity index (χ0n) is 10.1. The Balaban J connectivity index is 2.69. The zero-order chi connectivity index (χ0) is 11.3. The van der Waals surface area contributed by atoms with Crippen LogP contribution < -0.4 is 5.73 Å². The van der Waals surface area contributed by atoms with Crippen molar-refractivity contribution in [1.82, 2.24) is 4.90 Å². The highest BCUT2D eigenvalue weighted by Gasteiger charge is 2.03. The van der Waals surface area contributed by atoms with Crippen molar-refractivity contribution in [3.63, 3.8) is 0 Å². The van der Waals surface area contributed by atoms with Crippen LogP contribution in [0.15, 0.2) is 18.2 Å². The molecule has 1 aromatic carbocycles. The fourth-order valence-corrected chi connectivity index (χ4v) is 1.95. The Bertz CT molecular complexity index is 287. The Morgan fingerprint density at radius 2 is 1.73 bits per heavy atom. The van der Waals surface area contributed by atoms with Crippen molar-refractivity contribution in [2.45, 2.75) is 27.3 Å². The number of hydrogen-bond donors (Lipinski definition) is 1. The maximum atomic E-state index is 5.58. The molecule has 0 radical (unpaired) electrons. The lowest BCUT2D eigenvalue weighted by atomic mass is 10.1. The average molecular weight is 206 g/mol. The summed E-state index contributed by atoms with van der Waals surface area (Å²) in [6.07, 6.45) is 0. The summed E-state index contributed by atoms with van der Waals surface area (Å²) in [7, 11) is 0. The molecule has 2 heteroatoms. The molecule has 0 heterocycles. The first kappa shape index (κ1) is 12.2. The van der Waals surface area contributed by atoms with Crippen molar-refractivity contribution in [2.24, 2.45) is 5.73 Å². The molecule has 0 fully saturated rings. The van der Waals surface area contributed by atoms with Crippen molar-refractivity contribution >= 4 is 0 Å². The molecule has 2 N–H and O–H groups in total. The predicted octanol–water partition coefficient (Wildman–Crippen LogP) is 2.08. The van der Waals surface area contributed by atoms with Crippen LogP contribution in [0.2, 0.25) is 0 Å². The van der Waals surface area contributed by atoms with Gasteiger partial charge in [0.2, 0.25) is 0 Å². The molecule has 0 bridgehead atoms. The number of nitrogens with zero attached hydrogens (tertiary/aromatic N) is 1. The lowest BCUT2D eigenvalue weighted by Crippen LogP contribution is -2.28. The minimum absolute atomic E-state index is 0.735. The molecule has 0 saturated heterocycles. The maximum Gasteiger partial charge on any atom is 0.0234 e. The number of nitrogens with two attached hydrogens (primary N) is 1. The predicted molar refractivity (Wildman–Crippen MR) is 65.9 cm³/mol. The van der Waals surface area contributed by atoms with Gasteiger partial charge in [0.05, 0.1) is 0 Å². The number of hydrogen-bond acceptors (Lipinski definition) is 2. The van der Waals surface area contributed by atoms with E-state index in [2.05, 4.69) is 43.9 Å².